The highest BCUT2D eigenvalue weighted by Gasteiger charge is 2.19. The van der Waals surface area contributed by atoms with E-state index in [2.05, 4.69) is 10.6 Å². The van der Waals surface area contributed by atoms with Crippen LogP contribution in [0.4, 0.5) is 5.69 Å². The van der Waals surface area contributed by atoms with E-state index in [0.29, 0.717) is 18.7 Å². The Morgan fingerprint density at radius 3 is 2.75 bits per heavy atom. The van der Waals surface area contributed by atoms with Crippen LogP contribution in [0.15, 0.2) is 18.2 Å². The summed E-state index contributed by atoms with van der Waals surface area (Å²) in [5.74, 6) is -0.185. The summed E-state index contributed by atoms with van der Waals surface area (Å²) in [6, 6.07) is 4.10. The molecular formula is C13H19N3O4. The topological polar surface area (TPSA) is 93.5 Å². The Kier molecular flexibility index (Phi) is 5.92. The fraction of sp³-hybridized carbons (Fsp3) is 0.462. The van der Waals surface area contributed by atoms with Gasteiger partial charge in [0.25, 0.3) is 5.91 Å². The zero-order chi connectivity index (χ0) is 15.1. The first-order valence-corrected chi connectivity index (χ1v) is 6.37. The highest BCUT2D eigenvalue weighted by Crippen LogP contribution is 2.28. The molecule has 1 rings (SSSR count). The molecule has 0 aromatic heterocycles. The van der Waals surface area contributed by atoms with Crippen molar-refractivity contribution in [3.63, 3.8) is 0 Å². The molecule has 0 bridgehead atoms. The van der Waals surface area contributed by atoms with Gasteiger partial charge in [-0.05, 0) is 27.0 Å². The van der Waals surface area contributed by atoms with Crippen LogP contribution >= 0.6 is 0 Å². The number of carbonyl (C=O) groups excluding carboxylic acids is 1. The number of amides is 1. The molecule has 20 heavy (non-hydrogen) atoms. The average molecular weight is 281 g/mol. The van der Waals surface area contributed by atoms with Gasteiger partial charge in [-0.3, -0.25) is 14.9 Å². The van der Waals surface area contributed by atoms with E-state index in [9.17, 15) is 14.9 Å². The lowest BCUT2D eigenvalue weighted by Gasteiger charge is -2.14. The van der Waals surface area contributed by atoms with Crippen LogP contribution in [0.1, 0.15) is 24.2 Å². The third-order valence-electron chi connectivity index (χ3n) is 2.58. The van der Waals surface area contributed by atoms with E-state index in [-0.39, 0.29) is 23.4 Å². The summed E-state index contributed by atoms with van der Waals surface area (Å²) in [7, 11) is 1.76. The predicted molar refractivity (Wildman–Crippen MR) is 75.1 cm³/mol. The second-order valence-corrected chi connectivity index (χ2v) is 4.29. The monoisotopic (exact) mass is 281 g/mol. The van der Waals surface area contributed by atoms with E-state index >= 15 is 0 Å². The van der Waals surface area contributed by atoms with Crippen molar-refractivity contribution in [2.24, 2.45) is 0 Å². The van der Waals surface area contributed by atoms with E-state index in [1.54, 1.807) is 20.9 Å². The minimum Gasteiger partial charge on any atom is -0.482 e. The minimum absolute atomic E-state index is 0.0986. The maximum atomic E-state index is 11.7. The molecule has 110 valence electrons. The van der Waals surface area contributed by atoms with Crippen molar-refractivity contribution in [2.45, 2.75) is 20.0 Å². The van der Waals surface area contributed by atoms with Crippen LogP contribution in [0, 0.1) is 10.1 Å². The molecule has 1 aromatic carbocycles. The Morgan fingerprint density at radius 1 is 1.50 bits per heavy atom. The summed E-state index contributed by atoms with van der Waals surface area (Å²) in [6.45, 7) is 4.62. The van der Waals surface area contributed by atoms with Gasteiger partial charge in [0.05, 0.1) is 4.92 Å². The molecule has 0 fully saturated rings. The van der Waals surface area contributed by atoms with Crippen LogP contribution in [-0.2, 0) is 0 Å². The fourth-order valence-electron chi connectivity index (χ4n) is 1.71. The SMILES string of the molecule is CCNC(=O)c1ccc([N+](=O)[O-])c(OC(C)CNC)c1. The highest BCUT2D eigenvalue weighted by atomic mass is 16.6. The molecule has 0 heterocycles. The molecule has 0 aliphatic heterocycles. The number of nitrogens with one attached hydrogen (secondary N) is 2. The van der Waals surface area contributed by atoms with Gasteiger partial charge in [-0.1, -0.05) is 0 Å². The van der Waals surface area contributed by atoms with Gasteiger partial charge in [0.2, 0.25) is 0 Å². The molecule has 0 aliphatic carbocycles. The quantitative estimate of drug-likeness (QED) is 0.581. The third kappa shape index (κ3) is 4.20. The van der Waals surface area contributed by atoms with Crippen LogP contribution in [-0.4, -0.2) is 37.1 Å². The number of hydrogen-bond acceptors (Lipinski definition) is 5. The number of carbonyl (C=O) groups is 1. The standard InChI is InChI=1S/C13H19N3O4/c1-4-15-13(17)10-5-6-11(16(18)19)12(7-10)20-9(2)8-14-3/h5-7,9,14H,4,8H2,1-3H3,(H,15,17). The summed E-state index contributed by atoms with van der Waals surface area (Å²) >= 11 is 0. The maximum Gasteiger partial charge on any atom is 0.310 e. The predicted octanol–water partition coefficient (Wildman–Crippen LogP) is 1.33. The van der Waals surface area contributed by atoms with Crippen molar-refractivity contribution < 1.29 is 14.5 Å². The number of ether oxygens (including phenoxy) is 1. The lowest BCUT2D eigenvalue weighted by atomic mass is 10.1. The Morgan fingerprint density at radius 2 is 2.20 bits per heavy atom. The Hall–Kier alpha value is -2.15. The molecule has 0 saturated carbocycles. The summed E-state index contributed by atoms with van der Waals surface area (Å²) in [6.07, 6.45) is -0.247. The first-order valence-electron chi connectivity index (χ1n) is 6.37. The molecule has 1 aromatic rings. The van der Waals surface area contributed by atoms with Crippen LogP contribution in [0.25, 0.3) is 0 Å². The first-order chi connectivity index (χ1) is 9.49. The molecule has 1 unspecified atom stereocenters. The van der Waals surface area contributed by atoms with Gasteiger partial charge in [-0.25, -0.2) is 0 Å². The van der Waals surface area contributed by atoms with Gasteiger partial charge >= 0.3 is 5.69 Å². The fourth-order valence-corrected chi connectivity index (χ4v) is 1.71. The van der Waals surface area contributed by atoms with E-state index in [0.717, 1.165) is 0 Å². The number of nitro benzene ring substituents is 1. The van der Waals surface area contributed by atoms with E-state index < -0.39 is 4.92 Å². The molecular weight excluding hydrogens is 262 g/mol. The molecule has 7 heteroatoms. The smallest absolute Gasteiger partial charge is 0.310 e. The average Bonchev–Trinajstić information content (AvgIpc) is 2.38. The molecule has 0 radical (unpaired) electrons. The highest BCUT2D eigenvalue weighted by molar-refractivity contribution is 5.95. The Bertz CT molecular complexity index is 491. The van der Waals surface area contributed by atoms with Crippen molar-refractivity contribution in [1.29, 1.82) is 0 Å². The van der Waals surface area contributed by atoms with Crippen LogP contribution < -0.4 is 15.4 Å². The molecule has 0 spiro atoms. The second-order valence-electron chi connectivity index (χ2n) is 4.29. The van der Waals surface area contributed by atoms with Crippen LogP contribution in [0.3, 0.4) is 0 Å². The minimum atomic E-state index is -0.525. The molecule has 1 amide bonds. The Labute approximate surface area is 117 Å². The molecule has 7 nitrogen and oxygen atoms in total. The summed E-state index contributed by atoms with van der Waals surface area (Å²) in [4.78, 5) is 22.2. The first kappa shape index (κ1) is 15.9. The molecule has 2 N–H and O–H groups in total. The lowest BCUT2D eigenvalue weighted by Crippen LogP contribution is -2.27. The van der Waals surface area contributed by atoms with Crippen LogP contribution in [0.5, 0.6) is 5.75 Å². The lowest BCUT2D eigenvalue weighted by molar-refractivity contribution is -0.386. The maximum absolute atomic E-state index is 11.7. The van der Waals surface area contributed by atoms with Crippen molar-refractivity contribution in [2.75, 3.05) is 20.1 Å². The number of rotatable bonds is 7. The van der Waals surface area contributed by atoms with Crippen molar-refractivity contribution in [3.05, 3.63) is 33.9 Å². The summed E-state index contributed by atoms with van der Waals surface area (Å²) < 4.78 is 5.53. The molecule has 1 atom stereocenters. The third-order valence-corrected chi connectivity index (χ3v) is 2.58. The van der Waals surface area contributed by atoms with Crippen molar-refractivity contribution in [3.8, 4) is 5.75 Å². The van der Waals surface area contributed by atoms with Gasteiger partial charge in [-0.15, -0.1) is 0 Å². The van der Waals surface area contributed by atoms with Gasteiger partial charge < -0.3 is 15.4 Å². The Balaban J connectivity index is 3.05. The zero-order valence-electron chi connectivity index (χ0n) is 11.8. The number of likely N-dealkylation sites (N-methyl/N-ethyl adjacent to an activating group) is 1. The van der Waals surface area contributed by atoms with Crippen molar-refractivity contribution >= 4 is 11.6 Å². The number of hydrogen-bond donors (Lipinski definition) is 2. The molecule has 0 aliphatic rings. The van der Waals surface area contributed by atoms with Gasteiger partial charge in [0.1, 0.15) is 6.10 Å². The second kappa shape index (κ2) is 7.44. The van der Waals surface area contributed by atoms with Gasteiger partial charge in [0.15, 0.2) is 5.75 Å². The van der Waals surface area contributed by atoms with Crippen LogP contribution in [0.2, 0.25) is 0 Å². The number of nitro groups is 1. The van der Waals surface area contributed by atoms with Crippen molar-refractivity contribution in [1.82, 2.24) is 10.6 Å². The summed E-state index contributed by atoms with van der Waals surface area (Å²) in [5, 5.41) is 16.5. The van der Waals surface area contributed by atoms with E-state index in [4.69, 9.17) is 4.74 Å². The largest absolute Gasteiger partial charge is 0.482 e. The van der Waals surface area contributed by atoms with E-state index in [1.165, 1.54) is 18.2 Å². The van der Waals surface area contributed by atoms with Gasteiger partial charge in [0, 0.05) is 30.8 Å². The number of benzene rings is 1. The number of nitrogens with zero attached hydrogens (tertiary/aromatic N) is 1. The van der Waals surface area contributed by atoms with E-state index in [1.807, 2.05) is 0 Å². The zero-order valence-corrected chi connectivity index (χ0v) is 11.8. The normalized spacial score (nSPS) is 11.8. The summed E-state index contributed by atoms with van der Waals surface area (Å²) in [5.41, 5.74) is 0.185. The molecule has 0 saturated heterocycles. The van der Waals surface area contributed by atoms with Gasteiger partial charge in [-0.2, -0.15) is 0 Å².